The van der Waals surface area contributed by atoms with Crippen molar-refractivity contribution in [2.45, 2.75) is 25.7 Å². The molecule has 5 heteroatoms. The summed E-state index contributed by atoms with van der Waals surface area (Å²) in [6.07, 6.45) is 2.34. The minimum absolute atomic E-state index is 0.0761. The molecule has 2 rings (SSSR count). The first-order valence-corrected chi connectivity index (χ1v) is 8.24. The molecule has 0 aliphatic carbocycles. The fraction of sp³-hybridized carbons (Fsp3) is 0.500. The highest BCUT2D eigenvalue weighted by molar-refractivity contribution is 9.10. The standard InChI is InChI=1S/C14H15BrF2OS/c15-12-1-2-13(16)11(14(12)17)8-10(18)7-9-3-5-19-6-4-9/h1-2,9H,3-8H2. The van der Waals surface area contributed by atoms with E-state index in [0.717, 1.165) is 24.3 Å². The van der Waals surface area contributed by atoms with Crippen molar-refractivity contribution in [1.29, 1.82) is 0 Å². The van der Waals surface area contributed by atoms with Gasteiger partial charge < -0.3 is 0 Å². The molecule has 0 bridgehead atoms. The van der Waals surface area contributed by atoms with Gasteiger partial charge in [0.25, 0.3) is 0 Å². The number of thioether (sulfide) groups is 1. The van der Waals surface area contributed by atoms with Crippen molar-refractivity contribution in [3.8, 4) is 0 Å². The largest absolute Gasteiger partial charge is 0.299 e. The molecule has 19 heavy (non-hydrogen) atoms. The van der Waals surface area contributed by atoms with E-state index in [4.69, 9.17) is 0 Å². The second-order valence-electron chi connectivity index (χ2n) is 4.80. The summed E-state index contributed by atoms with van der Waals surface area (Å²) in [5.74, 6) is 1.16. The lowest BCUT2D eigenvalue weighted by Gasteiger charge is -2.20. The second kappa shape index (κ2) is 6.84. The maximum absolute atomic E-state index is 13.8. The molecule has 1 aliphatic heterocycles. The van der Waals surface area contributed by atoms with Gasteiger partial charge in [-0.2, -0.15) is 11.8 Å². The average molecular weight is 349 g/mol. The number of carbonyl (C=O) groups is 1. The van der Waals surface area contributed by atoms with Crippen LogP contribution in [-0.2, 0) is 11.2 Å². The normalized spacial score (nSPS) is 16.6. The van der Waals surface area contributed by atoms with E-state index in [0.29, 0.717) is 12.3 Å². The van der Waals surface area contributed by atoms with Crippen molar-refractivity contribution in [1.82, 2.24) is 0 Å². The van der Waals surface area contributed by atoms with E-state index >= 15 is 0 Å². The summed E-state index contributed by atoms with van der Waals surface area (Å²) in [4.78, 5) is 11.9. The molecule has 0 amide bonds. The van der Waals surface area contributed by atoms with E-state index in [1.165, 1.54) is 12.1 Å². The third-order valence-corrected chi connectivity index (χ3v) is 5.03. The Morgan fingerprint density at radius 2 is 2.00 bits per heavy atom. The van der Waals surface area contributed by atoms with Crippen LogP contribution in [0.15, 0.2) is 16.6 Å². The Balaban J connectivity index is 2.00. The van der Waals surface area contributed by atoms with Crippen LogP contribution >= 0.6 is 27.7 Å². The van der Waals surface area contributed by atoms with Gasteiger partial charge in [0.2, 0.25) is 0 Å². The lowest BCUT2D eigenvalue weighted by Crippen LogP contribution is -2.16. The first-order chi connectivity index (χ1) is 9.08. The molecule has 0 aromatic heterocycles. The summed E-state index contributed by atoms with van der Waals surface area (Å²) >= 11 is 4.91. The zero-order valence-electron chi connectivity index (χ0n) is 10.4. The smallest absolute Gasteiger partial charge is 0.143 e. The van der Waals surface area contributed by atoms with Crippen molar-refractivity contribution < 1.29 is 13.6 Å². The van der Waals surface area contributed by atoms with Gasteiger partial charge in [-0.15, -0.1) is 0 Å². The molecule has 1 aromatic carbocycles. The van der Waals surface area contributed by atoms with E-state index in [1.54, 1.807) is 0 Å². The van der Waals surface area contributed by atoms with Crippen LogP contribution in [0.25, 0.3) is 0 Å². The Bertz CT molecular complexity index is 473. The molecular formula is C14H15BrF2OS. The fourth-order valence-corrected chi connectivity index (χ4v) is 3.85. The lowest BCUT2D eigenvalue weighted by molar-refractivity contribution is -0.119. The monoisotopic (exact) mass is 348 g/mol. The summed E-state index contributed by atoms with van der Waals surface area (Å²) < 4.78 is 27.5. The molecule has 0 radical (unpaired) electrons. The number of carbonyl (C=O) groups excluding carboxylic acids is 1. The zero-order chi connectivity index (χ0) is 13.8. The molecular weight excluding hydrogens is 334 g/mol. The quantitative estimate of drug-likeness (QED) is 0.751. The summed E-state index contributed by atoms with van der Waals surface area (Å²) in [6, 6.07) is 2.50. The predicted molar refractivity (Wildman–Crippen MR) is 77.4 cm³/mol. The molecule has 104 valence electrons. The van der Waals surface area contributed by atoms with E-state index in [9.17, 15) is 13.6 Å². The molecule has 1 nitrogen and oxygen atoms in total. The molecule has 0 atom stereocenters. The van der Waals surface area contributed by atoms with Crippen LogP contribution in [0.5, 0.6) is 0 Å². The highest BCUT2D eigenvalue weighted by atomic mass is 79.9. The predicted octanol–water partition coefficient (Wildman–Crippen LogP) is 4.37. The second-order valence-corrected chi connectivity index (χ2v) is 6.88. The third-order valence-electron chi connectivity index (χ3n) is 3.37. The third kappa shape index (κ3) is 4.02. The van der Waals surface area contributed by atoms with Gasteiger partial charge in [0.05, 0.1) is 4.47 Å². The molecule has 0 N–H and O–H groups in total. The fourth-order valence-electron chi connectivity index (χ4n) is 2.27. The van der Waals surface area contributed by atoms with Crippen molar-refractivity contribution >= 4 is 33.5 Å². The Morgan fingerprint density at radius 1 is 1.32 bits per heavy atom. The van der Waals surface area contributed by atoms with Crippen LogP contribution in [0.2, 0.25) is 0 Å². The summed E-state index contributed by atoms with van der Waals surface area (Å²) in [5.41, 5.74) is -0.121. The van der Waals surface area contributed by atoms with Crippen molar-refractivity contribution in [2.24, 2.45) is 5.92 Å². The maximum Gasteiger partial charge on any atom is 0.143 e. The van der Waals surface area contributed by atoms with Crippen LogP contribution in [-0.4, -0.2) is 17.3 Å². The molecule has 0 unspecified atom stereocenters. The Morgan fingerprint density at radius 3 is 2.68 bits per heavy atom. The number of ketones is 1. The summed E-state index contributed by atoms with van der Waals surface area (Å²) in [5, 5.41) is 0. The topological polar surface area (TPSA) is 17.1 Å². The lowest BCUT2D eigenvalue weighted by atomic mass is 9.93. The first kappa shape index (κ1) is 15.0. The minimum atomic E-state index is -0.660. The molecule has 1 fully saturated rings. The SMILES string of the molecule is O=C(Cc1c(F)ccc(Br)c1F)CC1CCSCC1. The molecule has 1 aromatic rings. The highest BCUT2D eigenvalue weighted by Crippen LogP contribution is 2.27. The Kier molecular flexibility index (Phi) is 5.39. The average Bonchev–Trinajstić information content (AvgIpc) is 2.40. The van der Waals surface area contributed by atoms with Gasteiger partial charge in [-0.05, 0) is 58.3 Å². The number of benzene rings is 1. The summed E-state index contributed by atoms with van der Waals surface area (Å²) in [7, 11) is 0. The zero-order valence-corrected chi connectivity index (χ0v) is 12.8. The maximum atomic E-state index is 13.8. The number of rotatable bonds is 4. The van der Waals surface area contributed by atoms with Gasteiger partial charge in [0.1, 0.15) is 17.4 Å². The van der Waals surface area contributed by atoms with Crippen LogP contribution in [0.1, 0.15) is 24.8 Å². The van der Waals surface area contributed by atoms with Gasteiger partial charge in [-0.3, -0.25) is 4.79 Å². The highest BCUT2D eigenvalue weighted by Gasteiger charge is 2.20. The van der Waals surface area contributed by atoms with Crippen LogP contribution < -0.4 is 0 Å². The number of Topliss-reactive ketones (excluding diaryl/α,β-unsaturated/α-hetero) is 1. The van der Waals surface area contributed by atoms with Gasteiger partial charge in [-0.1, -0.05) is 0 Å². The van der Waals surface area contributed by atoms with Crippen molar-refractivity contribution in [2.75, 3.05) is 11.5 Å². The van der Waals surface area contributed by atoms with Gasteiger partial charge >= 0.3 is 0 Å². The van der Waals surface area contributed by atoms with E-state index < -0.39 is 11.6 Å². The first-order valence-electron chi connectivity index (χ1n) is 6.29. The molecule has 1 aliphatic rings. The van der Waals surface area contributed by atoms with E-state index in [1.807, 2.05) is 11.8 Å². The van der Waals surface area contributed by atoms with Gasteiger partial charge in [0.15, 0.2) is 0 Å². The van der Waals surface area contributed by atoms with Crippen molar-refractivity contribution in [3.63, 3.8) is 0 Å². The Labute approximate surface area is 124 Å². The molecule has 1 saturated heterocycles. The van der Waals surface area contributed by atoms with Gasteiger partial charge in [-0.25, -0.2) is 8.78 Å². The molecule has 1 heterocycles. The van der Waals surface area contributed by atoms with Crippen LogP contribution in [0.4, 0.5) is 8.78 Å². The van der Waals surface area contributed by atoms with Crippen molar-refractivity contribution in [3.05, 3.63) is 33.8 Å². The number of hydrogen-bond donors (Lipinski definition) is 0. The van der Waals surface area contributed by atoms with E-state index in [2.05, 4.69) is 15.9 Å². The number of hydrogen-bond acceptors (Lipinski definition) is 2. The van der Waals surface area contributed by atoms with E-state index in [-0.39, 0.29) is 22.2 Å². The molecule has 0 saturated carbocycles. The molecule has 0 spiro atoms. The summed E-state index contributed by atoms with van der Waals surface area (Å²) in [6.45, 7) is 0. The Hall–Kier alpha value is -0.420. The van der Waals surface area contributed by atoms with Crippen LogP contribution in [0, 0.1) is 17.6 Å². The minimum Gasteiger partial charge on any atom is -0.299 e. The number of halogens is 3. The van der Waals surface area contributed by atoms with Crippen LogP contribution in [0.3, 0.4) is 0 Å². The van der Waals surface area contributed by atoms with Gasteiger partial charge in [0, 0.05) is 18.4 Å².